The van der Waals surface area contributed by atoms with Crippen LogP contribution in [0.2, 0.25) is 0 Å². The minimum atomic E-state index is -0.333. The predicted molar refractivity (Wildman–Crippen MR) is 55.6 cm³/mol. The van der Waals surface area contributed by atoms with Crippen molar-refractivity contribution in [3.05, 3.63) is 30.3 Å². The Balaban J connectivity index is 0.000000364. The van der Waals surface area contributed by atoms with E-state index in [1.54, 1.807) is 0 Å². The van der Waals surface area contributed by atoms with Crippen molar-refractivity contribution in [3.63, 3.8) is 0 Å². The molecule has 1 rings (SSSR count). The quantitative estimate of drug-likeness (QED) is 0.703. The summed E-state index contributed by atoms with van der Waals surface area (Å²) in [7, 11) is 0. The van der Waals surface area contributed by atoms with E-state index in [9.17, 15) is 9.59 Å². The molecule has 1 aromatic rings. The zero-order valence-corrected chi connectivity index (χ0v) is 8.28. The molecule has 0 spiro atoms. The Hall–Kier alpha value is -1.84. The molecule has 0 atom stereocenters. The zero-order valence-electron chi connectivity index (χ0n) is 8.28. The largest absolute Gasteiger partial charge is 0.370 e. The maximum absolute atomic E-state index is 10.5. The number of carbonyl (C=O) groups is 2. The molecule has 0 saturated carbocycles. The zero-order chi connectivity index (χ0) is 11.0. The number of nitrogens with two attached hydrogens (primary N) is 1. The van der Waals surface area contributed by atoms with Crippen molar-refractivity contribution >= 4 is 17.5 Å². The third-order valence-corrected chi connectivity index (χ3v) is 1.09. The van der Waals surface area contributed by atoms with E-state index in [1.165, 1.54) is 13.8 Å². The number of hydrogen-bond donors (Lipinski definition) is 2. The van der Waals surface area contributed by atoms with E-state index in [0.717, 1.165) is 5.69 Å². The molecule has 76 valence electrons. The van der Waals surface area contributed by atoms with Gasteiger partial charge in [-0.25, -0.2) is 0 Å². The Labute approximate surface area is 83.1 Å². The van der Waals surface area contributed by atoms with Crippen LogP contribution in [-0.2, 0) is 9.59 Å². The van der Waals surface area contributed by atoms with Gasteiger partial charge in [-0.15, -0.1) is 0 Å². The van der Waals surface area contributed by atoms with E-state index in [0.29, 0.717) is 0 Å². The first-order valence-electron chi connectivity index (χ1n) is 4.11. The van der Waals surface area contributed by atoms with Crippen LogP contribution in [0.25, 0.3) is 0 Å². The Morgan fingerprint density at radius 1 is 1.14 bits per heavy atom. The number of para-hydroxylation sites is 1. The van der Waals surface area contributed by atoms with Gasteiger partial charge in [0.05, 0.1) is 0 Å². The lowest BCUT2D eigenvalue weighted by atomic mass is 10.3. The molecule has 4 nitrogen and oxygen atoms in total. The van der Waals surface area contributed by atoms with Crippen LogP contribution in [0.5, 0.6) is 0 Å². The van der Waals surface area contributed by atoms with Gasteiger partial charge in [-0.05, 0) is 12.1 Å². The smallest absolute Gasteiger partial charge is 0.221 e. The van der Waals surface area contributed by atoms with Gasteiger partial charge >= 0.3 is 0 Å². The highest BCUT2D eigenvalue weighted by molar-refractivity contribution is 5.88. The molecular weight excluding hydrogens is 180 g/mol. The van der Waals surface area contributed by atoms with Gasteiger partial charge in [-0.2, -0.15) is 0 Å². The first-order valence-corrected chi connectivity index (χ1v) is 4.11. The topological polar surface area (TPSA) is 72.2 Å². The number of carbonyl (C=O) groups excluding carboxylic acids is 2. The average molecular weight is 194 g/mol. The number of hydrogen-bond acceptors (Lipinski definition) is 2. The molecular formula is C10H14N2O2. The summed E-state index contributed by atoms with van der Waals surface area (Å²) in [4.78, 5) is 19.7. The summed E-state index contributed by atoms with van der Waals surface area (Å²) in [5.74, 6) is -0.369. The van der Waals surface area contributed by atoms with E-state index < -0.39 is 0 Å². The fraction of sp³-hybridized carbons (Fsp3) is 0.200. The van der Waals surface area contributed by atoms with Gasteiger partial charge in [0.1, 0.15) is 0 Å². The van der Waals surface area contributed by atoms with Gasteiger partial charge in [0.2, 0.25) is 11.8 Å². The molecule has 0 aromatic heterocycles. The van der Waals surface area contributed by atoms with E-state index in [-0.39, 0.29) is 11.8 Å². The summed E-state index contributed by atoms with van der Waals surface area (Å²) in [6.45, 7) is 2.80. The van der Waals surface area contributed by atoms with Gasteiger partial charge in [-0.3, -0.25) is 9.59 Å². The summed E-state index contributed by atoms with van der Waals surface area (Å²) in [5, 5.41) is 2.67. The van der Waals surface area contributed by atoms with Gasteiger partial charge < -0.3 is 11.1 Å². The highest BCUT2D eigenvalue weighted by Gasteiger charge is 1.90. The SMILES string of the molecule is CC(=O)Nc1ccccc1.CC(N)=O. The lowest BCUT2D eigenvalue weighted by Crippen LogP contribution is -2.04. The van der Waals surface area contributed by atoms with Crippen LogP contribution in [0.4, 0.5) is 5.69 Å². The van der Waals surface area contributed by atoms with Gasteiger partial charge in [0.15, 0.2) is 0 Å². The van der Waals surface area contributed by atoms with E-state index in [1.807, 2.05) is 30.3 Å². The highest BCUT2D eigenvalue weighted by Crippen LogP contribution is 2.03. The molecule has 0 unspecified atom stereocenters. The lowest BCUT2D eigenvalue weighted by Gasteiger charge is -1.98. The summed E-state index contributed by atoms with van der Waals surface area (Å²) < 4.78 is 0. The summed E-state index contributed by atoms with van der Waals surface area (Å²) in [6.07, 6.45) is 0. The molecule has 0 saturated heterocycles. The van der Waals surface area contributed by atoms with E-state index >= 15 is 0 Å². The fourth-order valence-corrected chi connectivity index (χ4v) is 0.725. The predicted octanol–water partition coefficient (Wildman–Crippen LogP) is 1.14. The second-order valence-corrected chi connectivity index (χ2v) is 2.66. The first-order chi connectivity index (χ1) is 6.52. The lowest BCUT2D eigenvalue weighted by molar-refractivity contribution is -0.116. The third kappa shape index (κ3) is 8.26. The molecule has 14 heavy (non-hydrogen) atoms. The Bertz CT molecular complexity index is 292. The molecule has 0 fully saturated rings. The molecule has 0 aliphatic carbocycles. The van der Waals surface area contributed by atoms with Crippen LogP contribution in [0.15, 0.2) is 30.3 Å². The Kier molecular flexibility index (Phi) is 5.78. The number of nitrogens with one attached hydrogen (secondary N) is 1. The molecule has 0 bridgehead atoms. The molecule has 1 aromatic carbocycles. The minimum Gasteiger partial charge on any atom is -0.370 e. The first kappa shape index (κ1) is 12.2. The van der Waals surface area contributed by atoms with Crippen LogP contribution in [0.3, 0.4) is 0 Å². The van der Waals surface area contributed by atoms with Crippen molar-refractivity contribution in [2.24, 2.45) is 5.73 Å². The van der Waals surface area contributed by atoms with Crippen molar-refractivity contribution < 1.29 is 9.59 Å². The van der Waals surface area contributed by atoms with Crippen molar-refractivity contribution in [1.29, 1.82) is 0 Å². The van der Waals surface area contributed by atoms with Crippen LogP contribution in [0.1, 0.15) is 13.8 Å². The van der Waals surface area contributed by atoms with E-state index in [4.69, 9.17) is 0 Å². The number of benzene rings is 1. The maximum Gasteiger partial charge on any atom is 0.221 e. The fourth-order valence-electron chi connectivity index (χ4n) is 0.725. The van der Waals surface area contributed by atoms with Crippen molar-refractivity contribution in [2.75, 3.05) is 5.32 Å². The third-order valence-electron chi connectivity index (χ3n) is 1.09. The van der Waals surface area contributed by atoms with Crippen molar-refractivity contribution in [3.8, 4) is 0 Å². The summed E-state index contributed by atoms with van der Waals surface area (Å²) in [6, 6.07) is 9.37. The molecule has 4 heteroatoms. The van der Waals surface area contributed by atoms with Crippen LogP contribution >= 0.6 is 0 Å². The number of amides is 2. The van der Waals surface area contributed by atoms with E-state index in [2.05, 4.69) is 11.1 Å². The van der Waals surface area contributed by atoms with Crippen molar-refractivity contribution in [2.45, 2.75) is 13.8 Å². The summed E-state index contributed by atoms with van der Waals surface area (Å²) >= 11 is 0. The van der Waals surface area contributed by atoms with Gasteiger partial charge in [0, 0.05) is 19.5 Å². The average Bonchev–Trinajstić information content (AvgIpc) is 2.03. The van der Waals surface area contributed by atoms with Crippen LogP contribution in [-0.4, -0.2) is 11.8 Å². The summed E-state index contributed by atoms with van der Waals surface area (Å²) in [5.41, 5.74) is 5.31. The van der Waals surface area contributed by atoms with Gasteiger partial charge in [-0.1, -0.05) is 18.2 Å². The Morgan fingerprint density at radius 2 is 1.57 bits per heavy atom. The normalized spacial score (nSPS) is 8.14. The van der Waals surface area contributed by atoms with Crippen LogP contribution < -0.4 is 11.1 Å². The Morgan fingerprint density at radius 3 is 1.93 bits per heavy atom. The highest BCUT2D eigenvalue weighted by atomic mass is 16.1. The molecule has 3 N–H and O–H groups in total. The molecule has 0 aliphatic heterocycles. The molecule has 0 heterocycles. The van der Waals surface area contributed by atoms with Crippen LogP contribution in [0, 0.1) is 0 Å². The monoisotopic (exact) mass is 194 g/mol. The second kappa shape index (κ2) is 6.65. The van der Waals surface area contributed by atoms with Crippen molar-refractivity contribution in [1.82, 2.24) is 0 Å². The number of primary amides is 1. The maximum atomic E-state index is 10.5. The number of rotatable bonds is 1. The molecule has 0 aliphatic rings. The minimum absolute atomic E-state index is 0.0359. The molecule has 2 amide bonds. The second-order valence-electron chi connectivity index (χ2n) is 2.66. The standard InChI is InChI=1S/C8H9NO.C2H5NO/c1-7(10)9-8-5-3-2-4-6-8;1-2(3)4/h2-6H,1H3,(H,9,10);1H3,(H2,3,4). The number of anilines is 1. The molecule has 0 radical (unpaired) electrons. The van der Waals surface area contributed by atoms with Gasteiger partial charge in [0.25, 0.3) is 0 Å².